The van der Waals surface area contributed by atoms with Crippen molar-refractivity contribution < 1.29 is 28.5 Å². The zero-order chi connectivity index (χ0) is 28.8. The molecule has 0 aromatic heterocycles. The molecule has 2 amide bonds. The molecule has 2 aromatic rings. The lowest BCUT2D eigenvalue weighted by atomic mass is 9.79. The van der Waals surface area contributed by atoms with Crippen molar-refractivity contribution in [3.8, 4) is 0 Å². The van der Waals surface area contributed by atoms with Crippen LogP contribution in [0.3, 0.4) is 0 Å². The Labute approximate surface area is 234 Å². The first-order chi connectivity index (χ1) is 19.2. The maximum atomic E-state index is 12.8. The van der Waals surface area contributed by atoms with Crippen molar-refractivity contribution in [1.82, 2.24) is 0 Å². The van der Waals surface area contributed by atoms with Crippen LogP contribution in [0.5, 0.6) is 0 Å². The van der Waals surface area contributed by atoms with Gasteiger partial charge >= 0.3 is 12.2 Å². The van der Waals surface area contributed by atoms with Crippen LogP contribution in [0.2, 0.25) is 0 Å². The molecule has 2 fully saturated rings. The Kier molecular flexibility index (Phi) is 9.95. The van der Waals surface area contributed by atoms with Crippen LogP contribution in [-0.2, 0) is 18.9 Å². The Morgan fingerprint density at radius 3 is 1.85 bits per heavy atom. The number of rotatable bonds is 7. The molecule has 0 radical (unpaired) electrons. The maximum absolute atomic E-state index is 12.8. The molecule has 2 aliphatic rings. The monoisotopic (exact) mass is 556 g/mol. The average Bonchev–Trinajstić information content (AvgIpc) is 2.93. The van der Waals surface area contributed by atoms with Crippen molar-refractivity contribution in [2.24, 2.45) is 34.8 Å². The van der Waals surface area contributed by atoms with E-state index in [-0.39, 0.29) is 24.4 Å². The predicted octanol–water partition coefficient (Wildman–Crippen LogP) is 1.95. The van der Waals surface area contributed by atoms with Crippen molar-refractivity contribution in [2.75, 3.05) is 17.2 Å². The molecule has 218 valence electrons. The highest BCUT2D eigenvalue weighted by Crippen LogP contribution is 2.33. The highest BCUT2D eigenvalue weighted by Gasteiger charge is 2.49. The van der Waals surface area contributed by atoms with Gasteiger partial charge in [0.15, 0.2) is 6.29 Å². The number of amides is 2. The van der Waals surface area contributed by atoms with Crippen LogP contribution < -0.4 is 33.6 Å². The fourth-order valence-electron chi connectivity index (χ4n) is 5.22. The van der Waals surface area contributed by atoms with Crippen molar-refractivity contribution in [3.05, 3.63) is 60.7 Å². The Balaban J connectivity index is 1.48. The Bertz CT molecular complexity index is 1110. The first kappa shape index (κ1) is 29.7. The van der Waals surface area contributed by atoms with E-state index < -0.39 is 55.0 Å². The summed E-state index contributed by atoms with van der Waals surface area (Å²) in [6, 6.07) is 16.1. The number of hydrogen-bond donors (Lipinski definition) is 6. The normalized spacial score (nSPS) is 34.0. The fraction of sp³-hybridized carbons (Fsp3) is 0.500. The van der Waals surface area contributed by atoms with E-state index in [1.54, 1.807) is 48.5 Å². The van der Waals surface area contributed by atoms with Crippen molar-refractivity contribution in [2.45, 2.75) is 69.1 Å². The van der Waals surface area contributed by atoms with Crippen molar-refractivity contribution in [1.29, 1.82) is 0 Å². The molecule has 1 saturated heterocycles. The lowest BCUT2D eigenvalue weighted by Crippen LogP contribution is -2.65. The summed E-state index contributed by atoms with van der Waals surface area (Å²) in [6.45, 7) is 3.87. The largest absolute Gasteiger partial charge is 0.444 e. The molecule has 10 N–H and O–H groups in total. The summed E-state index contributed by atoms with van der Waals surface area (Å²) in [4.78, 5) is 25.5. The van der Waals surface area contributed by atoms with E-state index in [0.29, 0.717) is 17.8 Å². The van der Waals surface area contributed by atoms with Gasteiger partial charge in [-0.1, -0.05) is 50.2 Å². The second-order valence-electron chi connectivity index (χ2n) is 10.5. The number of carbonyl (C=O) groups excluding carboxylic acids is 2. The minimum atomic E-state index is -1.04. The third-order valence-electron chi connectivity index (χ3n) is 7.64. The number of hydrogen-bond acceptors (Lipinski definition) is 10. The smallest absolute Gasteiger partial charge is 0.411 e. The Morgan fingerprint density at radius 1 is 0.800 bits per heavy atom. The Morgan fingerprint density at radius 2 is 1.32 bits per heavy atom. The van der Waals surface area contributed by atoms with E-state index in [1.165, 1.54) is 0 Å². The predicted molar refractivity (Wildman–Crippen MR) is 150 cm³/mol. The van der Waals surface area contributed by atoms with Crippen LogP contribution in [0.15, 0.2) is 60.7 Å². The second-order valence-corrected chi connectivity index (χ2v) is 10.5. The molecule has 0 bridgehead atoms. The molecule has 12 heteroatoms. The molecule has 40 heavy (non-hydrogen) atoms. The highest BCUT2D eigenvalue weighted by atomic mass is 16.7. The third-order valence-corrected chi connectivity index (χ3v) is 7.64. The number of benzene rings is 2. The molecule has 0 spiro atoms. The van der Waals surface area contributed by atoms with Crippen molar-refractivity contribution >= 4 is 23.6 Å². The molecular formula is C28H40N6O6. The fourth-order valence-corrected chi connectivity index (χ4v) is 5.22. The quantitative estimate of drug-likeness (QED) is 0.293. The molecule has 1 heterocycles. The standard InChI is InChI=1S/C28H40N6O6/c1-15-19(30)13-20(31)25(24(15)40-28(36)34-18-11-7-4-8-12-18)38-26-22(32)23(16(2)21(14-29)37-26)39-27(35)33-17-9-5-3-6-10-17/h3-12,15-16,19-26H,13-14,29-32H2,1-2H3,(H,33,35)(H,34,36). The molecule has 1 aliphatic heterocycles. The maximum Gasteiger partial charge on any atom is 0.411 e. The zero-order valence-electron chi connectivity index (χ0n) is 22.7. The van der Waals surface area contributed by atoms with Crippen molar-refractivity contribution in [3.63, 3.8) is 0 Å². The number of nitrogens with two attached hydrogens (primary N) is 4. The van der Waals surface area contributed by atoms with Crippen LogP contribution in [0.4, 0.5) is 21.0 Å². The topological polar surface area (TPSA) is 199 Å². The van der Waals surface area contributed by atoms with E-state index in [4.69, 9.17) is 41.9 Å². The summed E-state index contributed by atoms with van der Waals surface area (Å²) in [7, 11) is 0. The molecule has 2 aromatic carbocycles. The van der Waals surface area contributed by atoms with Gasteiger partial charge in [-0.3, -0.25) is 10.6 Å². The van der Waals surface area contributed by atoms with Crippen LogP contribution in [0.25, 0.3) is 0 Å². The van der Waals surface area contributed by atoms with Crippen LogP contribution in [0.1, 0.15) is 20.3 Å². The van der Waals surface area contributed by atoms with E-state index >= 15 is 0 Å². The molecule has 4 rings (SSSR count). The van der Waals surface area contributed by atoms with E-state index in [0.717, 1.165) is 0 Å². The lowest BCUT2D eigenvalue weighted by Gasteiger charge is -2.48. The number of ether oxygens (including phenoxy) is 4. The van der Waals surface area contributed by atoms with Gasteiger partial charge in [-0.25, -0.2) is 9.59 Å². The number of para-hydroxylation sites is 2. The summed E-state index contributed by atoms with van der Waals surface area (Å²) in [5, 5.41) is 5.41. The summed E-state index contributed by atoms with van der Waals surface area (Å²) >= 11 is 0. The zero-order valence-corrected chi connectivity index (χ0v) is 22.7. The van der Waals surface area contributed by atoms with Gasteiger partial charge in [0, 0.05) is 41.8 Å². The number of nitrogens with one attached hydrogen (secondary N) is 2. The summed E-state index contributed by atoms with van der Waals surface area (Å²) < 4.78 is 24.1. The molecule has 1 saturated carbocycles. The highest BCUT2D eigenvalue weighted by molar-refractivity contribution is 5.85. The molecule has 10 unspecified atom stereocenters. The van der Waals surface area contributed by atoms with Gasteiger partial charge in [-0.2, -0.15) is 0 Å². The number of anilines is 2. The summed E-state index contributed by atoms with van der Waals surface area (Å²) in [6.07, 6.45) is -4.82. The van der Waals surface area contributed by atoms with Gasteiger partial charge in [0.25, 0.3) is 0 Å². The van der Waals surface area contributed by atoms with Gasteiger partial charge in [0.2, 0.25) is 0 Å². The molecule has 12 nitrogen and oxygen atoms in total. The Hall–Kier alpha value is -3.26. The molecule has 1 aliphatic carbocycles. The SMILES string of the molecule is CC1C(CN)OC(OC2C(N)CC(N)C(C)C2OC(=O)Nc2ccccc2)C(N)C1OC(=O)Nc1ccccc1. The molecule has 10 atom stereocenters. The van der Waals surface area contributed by atoms with Crippen LogP contribution in [-0.4, -0.2) is 67.6 Å². The minimum absolute atomic E-state index is 0.144. The number of carbonyl (C=O) groups is 2. The first-order valence-electron chi connectivity index (χ1n) is 13.5. The van der Waals surface area contributed by atoms with E-state index in [2.05, 4.69) is 10.6 Å². The van der Waals surface area contributed by atoms with Gasteiger partial charge in [-0.15, -0.1) is 0 Å². The van der Waals surface area contributed by atoms with Gasteiger partial charge in [-0.05, 0) is 30.7 Å². The minimum Gasteiger partial charge on any atom is -0.444 e. The summed E-state index contributed by atoms with van der Waals surface area (Å²) in [5.74, 6) is -0.600. The van der Waals surface area contributed by atoms with E-state index in [1.807, 2.05) is 26.0 Å². The van der Waals surface area contributed by atoms with Crippen LogP contribution in [0, 0.1) is 11.8 Å². The second kappa shape index (κ2) is 13.4. The summed E-state index contributed by atoms with van der Waals surface area (Å²) in [5.41, 5.74) is 26.5. The third kappa shape index (κ3) is 7.08. The van der Waals surface area contributed by atoms with E-state index in [9.17, 15) is 9.59 Å². The molecular weight excluding hydrogens is 516 g/mol. The first-order valence-corrected chi connectivity index (χ1v) is 13.5. The van der Waals surface area contributed by atoms with Crippen LogP contribution >= 0.6 is 0 Å². The van der Waals surface area contributed by atoms with Gasteiger partial charge in [0.05, 0.1) is 12.1 Å². The average molecular weight is 557 g/mol. The lowest BCUT2D eigenvalue weighted by molar-refractivity contribution is -0.273. The van der Waals surface area contributed by atoms with Gasteiger partial charge in [0.1, 0.15) is 18.3 Å². The van der Waals surface area contributed by atoms with Gasteiger partial charge < -0.3 is 41.9 Å².